The number of aromatic nitrogens is 1. The zero-order valence-electron chi connectivity index (χ0n) is 14.2. The Balaban J connectivity index is 3.04. The summed E-state index contributed by atoms with van der Waals surface area (Å²) in [5.74, 6) is -3.48. The molecule has 0 unspecified atom stereocenters. The Bertz CT molecular complexity index is 779. The molecule has 0 saturated heterocycles. The first kappa shape index (κ1) is 21.7. The molecule has 1 aromatic rings. The van der Waals surface area contributed by atoms with Crippen LogP contribution in [0.15, 0.2) is 12.1 Å². The summed E-state index contributed by atoms with van der Waals surface area (Å²) in [7, 11) is -3.71. The number of nitrogens with zero attached hydrogens (tertiary/aromatic N) is 1. The minimum Gasteiger partial charge on any atom is -0.462 e. The van der Waals surface area contributed by atoms with Gasteiger partial charge in [-0.05, 0) is 32.9 Å². The first-order chi connectivity index (χ1) is 11.9. The molecule has 0 aliphatic carbocycles. The summed E-state index contributed by atoms with van der Waals surface area (Å²) >= 11 is 0. The van der Waals surface area contributed by atoms with Crippen LogP contribution in [0.4, 0.5) is 19.0 Å². The Morgan fingerprint density at radius 3 is 2.38 bits per heavy atom. The highest BCUT2D eigenvalue weighted by Gasteiger charge is 2.34. The van der Waals surface area contributed by atoms with E-state index in [4.69, 9.17) is 4.74 Å². The number of hydrazine groups is 1. The van der Waals surface area contributed by atoms with Crippen molar-refractivity contribution in [1.82, 2.24) is 10.4 Å². The topological polar surface area (TPSA) is 114 Å². The summed E-state index contributed by atoms with van der Waals surface area (Å²) in [6.45, 7) is 4.23. The van der Waals surface area contributed by atoms with Crippen LogP contribution >= 0.6 is 0 Å². The van der Waals surface area contributed by atoms with Crippen LogP contribution in [-0.4, -0.2) is 42.9 Å². The van der Waals surface area contributed by atoms with E-state index in [1.54, 1.807) is 0 Å². The lowest BCUT2D eigenvalue weighted by molar-refractivity contribution is -0.141. The number of pyridine rings is 1. The van der Waals surface area contributed by atoms with Gasteiger partial charge in [-0.3, -0.25) is 15.6 Å². The molecule has 1 aromatic heterocycles. The van der Waals surface area contributed by atoms with Crippen LogP contribution in [-0.2, 0) is 25.5 Å². The molecule has 0 saturated carbocycles. The molecule has 146 valence electrons. The van der Waals surface area contributed by atoms with Crippen molar-refractivity contribution in [3.05, 3.63) is 23.4 Å². The van der Waals surface area contributed by atoms with E-state index in [0.717, 1.165) is 6.07 Å². The summed E-state index contributed by atoms with van der Waals surface area (Å²) < 4.78 is 66.4. The molecule has 0 radical (unpaired) electrons. The highest BCUT2D eigenvalue weighted by molar-refractivity contribution is 7.92. The smallest absolute Gasteiger partial charge is 0.433 e. The Kier molecular flexibility index (Phi) is 6.95. The van der Waals surface area contributed by atoms with Gasteiger partial charge in [0.05, 0.1) is 11.9 Å². The van der Waals surface area contributed by atoms with Gasteiger partial charge in [0.15, 0.2) is 15.7 Å². The molecular weight excluding hydrogens is 379 g/mol. The third kappa shape index (κ3) is 5.86. The highest BCUT2D eigenvalue weighted by Crippen LogP contribution is 2.29. The number of hydrogen-bond acceptors (Lipinski definition) is 7. The van der Waals surface area contributed by atoms with E-state index < -0.39 is 50.4 Å². The fourth-order valence-corrected chi connectivity index (χ4v) is 2.37. The number of carbonyl (C=O) groups is 2. The van der Waals surface area contributed by atoms with Gasteiger partial charge in [0.25, 0.3) is 5.91 Å². The second-order valence-corrected chi connectivity index (χ2v) is 7.90. The Morgan fingerprint density at radius 2 is 1.88 bits per heavy atom. The van der Waals surface area contributed by atoms with Gasteiger partial charge in [-0.15, -0.1) is 0 Å². The lowest BCUT2D eigenvalue weighted by Gasteiger charge is -2.14. The van der Waals surface area contributed by atoms with Crippen LogP contribution in [0.1, 0.15) is 36.8 Å². The summed E-state index contributed by atoms with van der Waals surface area (Å²) in [6, 6.07) is 1.43. The fourth-order valence-electron chi connectivity index (χ4n) is 1.60. The standard InChI is InChI=1S/C14H18F3N3O5S/c1-4-25-13(22)9-5-6-10(14(15,16)17)18-12(9)20-19-11(21)7-26(23,24)8(2)3/h5-6,8H,4,7H2,1-3H3,(H,18,20)(H,19,21). The molecule has 1 heterocycles. The predicted octanol–water partition coefficient (Wildman–Crippen LogP) is 1.54. The lowest BCUT2D eigenvalue weighted by atomic mass is 10.2. The number of rotatable bonds is 7. The number of halogens is 3. The van der Waals surface area contributed by atoms with Crippen molar-refractivity contribution in [3.63, 3.8) is 0 Å². The van der Waals surface area contributed by atoms with E-state index >= 15 is 0 Å². The van der Waals surface area contributed by atoms with Gasteiger partial charge >= 0.3 is 12.1 Å². The lowest BCUT2D eigenvalue weighted by Crippen LogP contribution is -2.37. The molecule has 12 heteroatoms. The number of amides is 1. The second kappa shape index (κ2) is 8.34. The summed E-state index contributed by atoms with van der Waals surface area (Å²) in [5.41, 5.74) is 2.31. The Labute approximate surface area is 148 Å². The van der Waals surface area contributed by atoms with E-state index in [1.807, 2.05) is 5.43 Å². The van der Waals surface area contributed by atoms with Crippen LogP contribution in [0.5, 0.6) is 0 Å². The van der Waals surface area contributed by atoms with Crippen molar-refractivity contribution in [3.8, 4) is 0 Å². The molecule has 0 atom stereocenters. The molecule has 0 aromatic carbocycles. The number of esters is 1. The van der Waals surface area contributed by atoms with Crippen molar-refractivity contribution in [2.24, 2.45) is 0 Å². The maximum Gasteiger partial charge on any atom is 0.433 e. The molecule has 26 heavy (non-hydrogen) atoms. The van der Waals surface area contributed by atoms with Gasteiger partial charge in [0.2, 0.25) is 0 Å². The molecule has 0 aliphatic heterocycles. The van der Waals surface area contributed by atoms with Crippen LogP contribution < -0.4 is 10.9 Å². The summed E-state index contributed by atoms with van der Waals surface area (Å²) in [5, 5.41) is -0.810. The molecule has 0 fully saturated rings. The molecular formula is C14H18F3N3O5S. The molecule has 8 nitrogen and oxygen atoms in total. The minimum atomic E-state index is -4.78. The first-order valence-corrected chi connectivity index (χ1v) is 9.11. The zero-order valence-corrected chi connectivity index (χ0v) is 15.0. The third-order valence-corrected chi connectivity index (χ3v) is 5.15. The number of ether oxygens (including phenoxy) is 1. The predicted molar refractivity (Wildman–Crippen MR) is 85.9 cm³/mol. The molecule has 1 amide bonds. The van der Waals surface area contributed by atoms with Gasteiger partial charge in [0.1, 0.15) is 17.0 Å². The van der Waals surface area contributed by atoms with Crippen molar-refractivity contribution in [2.45, 2.75) is 32.2 Å². The monoisotopic (exact) mass is 397 g/mol. The number of hydrogen-bond donors (Lipinski definition) is 2. The van der Waals surface area contributed by atoms with Gasteiger partial charge < -0.3 is 4.74 Å². The number of nitrogens with one attached hydrogen (secondary N) is 2. The molecule has 0 bridgehead atoms. The van der Waals surface area contributed by atoms with Gasteiger partial charge in [-0.25, -0.2) is 18.2 Å². The summed E-state index contributed by atoms with van der Waals surface area (Å²) in [6.07, 6.45) is -4.78. The highest BCUT2D eigenvalue weighted by atomic mass is 32.2. The third-order valence-electron chi connectivity index (χ3n) is 3.05. The number of carbonyl (C=O) groups excluding carboxylic acids is 2. The van der Waals surface area contributed by atoms with Gasteiger partial charge in [-0.1, -0.05) is 0 Å². The largest absolute Gasteiger partial charge is 0.462 e. The number of alkyl halides is 3. The first-order valence-electron chi connectivity index (χ1n) is 7.40. The maximum atomic E-state index is 12.8. The van der Waals surface area contributed by atoms with Gasteiger partial charge in [-0.2, -0.15) is 13.2 Å². The van der Waals surface area contributed by atoms with Crippen molar-refractivity contribution in [1.29, 1.82) is 0 Å². The number of anilines is 1. The zero-order chi connectivity index (χ0) is 20.1. The van der Waals surface area contributed by atoms with E-state index in [0.29, 0.717) is 6.07 Å². The SMILES string of the molecule is CCOC(=O)c1ccc(C(F)(F)F)nc1NNC(=O)CS(=O)(=O)C(C)C. The molecule has 0 spiro atoms. The molecule has 1 rings (SSSR count). The van der Waals surface area contributed by atoms with Crippen LogP contribution in [0.25, 0.3) is 0 Å². The minimum absolute atomic E-state index is 0.0295. The number of sulfone groups is 1. The maximum absolute atomic E-state index is 12.8. The van der Waals surface area contributed by atoms with Crippen LogP contribution in [0.2, 0.25) is 0 Å². The van der Waals surface area contributed by atoms with Crippen molar-refractivity contribution >= 4 is 27.5 Å². The molecule has 2 N–H and O–H groups in total. The van der Waals surface area contributed by atoms with Gasteiger partial charge in [0, 0.05) is 0 Å². The second-order valence-electron chi connectivity index (χ2n) is 5.34. The average molecular weight is 397 g/mol. The van der Waals surface area contributed by atoms with E-state index in [-0.39, 0.29) is 12.2 Å². The fraction of sp³-hybridized carbons (Fsp3) is 0.500. The van der Waals surface area contributed by atoms with Crippen molar-refractivity contribution < 1.29 is 35.9 Å². The van der Waals surface area contributed by atoms with E-state index in [2.05, 4.69) is 10.4 Å². The quantitative estimate of drug-likeness (QED) is 0.530. The Morgan fingerprint density at radius 1 is 1.27 bits per heavy atom. The normalized spacial score (nSPS) is 12.0. The molecule has 0 aliphatic rings. The van der Waals surface area contributed by atoms with Crippen molar-refractivity contribution in [2.75, 3.05) is 17.8 Å². The Hall–Kier alpha value is -2.37. The van der Waals surface area contributed by atoms with Crippen LogP contribution in [0, 0.1) is 0 Å². The summed E-state index contributed by atoms with van der Waals surface area (Å²) in [4.78, 5) is 26.8. The van der Waals surface area contributed by atoms with E-state index in [9.17, 15) is 31.2 Å². The van der Waals surface area contributed by atoms with E-state index in [1.165, 1.54) is 20.8 Å². The average Bonchev–Trinajstić information content (AvgIpc) is 2.51. The van der Waals surface area contributed by atoms with Crippen LogP contribution in [0.3, 0.4) is 0 Å².